The smallest absolute Gasteiger partial charge is 0.427 e. The lowest BCUT2D eigenvalue weighted by molar-refractivity contribution is 0.171. The van der Waals surface area contributed by atoms with Gasteiger partial charge in [0, 0.05) is 17.3 Å². The topological polar surface area (TPSA) is 77.7 Å². The first-order valence-electron chi connectivity index (χ1n) is 7.88. The number of rotatable bonds is 5. The normalized spacial score (nSPS) is 10.7. The van der Waals surface area contributed by atoms with Gasteiger partial charge in [0.2, 0.25) is 0 Å². The summed E-state index contributed by atoms with van der Waals surface area (Å²) < 4.78 is 11.7. The van der Waals surface area contributed by atoms with Crippen molar-refractivity contribution in [3.63, 3.8) is 0 Å². The lowest BCUT2D eigenvalue weighted by Gasteiger charge is -2.06. The SMILES string of the molecule is COC(=O)N/N=C\c1cn(-c2ccccc2)nc1-c1ccccc1OC. The summed E-state index contributed by atoms with van der Waals surface area (Å²) in [4.78, 5) is 11.2. The number of carbonyl (C=O) groups excluding carboxylic acids is 1. The summed E-state index contributed by atoms with van der Waals surface area (Å²) in [7, 11) is 2.89. The zero-order chi connectivity index (χ0) is 18.4. The number of nitrogens with zero attached hydrogens (tertiary/aromatic N) is 3. The van der Waals surface area contributed by atoms with Crippen molar-refractivity contribution in [2.45, 2.75) is 0 Å². The molecule has 0 aliphatic rings. The van der Waals surface area contributed by atoms with E-state index in [9.17, 15) is 4.79 Å². The predicted octanol–water partition coefficient (Wildman–Crippen LogP) is 3.24. The number of benzene rings is 2. The van der Waals surface area contributed by atoms with Crippen molar-refractivity contribution in [2.24, 2.45) is 5.10 Å². The van der Waals surface area contributed by atoms with E-state index in [4.69, 9.17) is 4.74 Å². The van der Waals surface area contributed by atoms with E-state index in [0.717, 1.165) is 16.8 Å². The maximum Gasteiger partial charge on any atom is 0.427 e. The Morgan fingerprint density at radius 2 is 1.85 bits per heavy atom. The molecule has 0 aliphatic heterocycles. The predicted molar refractivity (Wildman–Crippen MR) is 98.7 cm³/mol. The summed E-state index contributed by atoms with van der Waals surface area (Å²) in [6.07, 6.45) is 2.71. The molecule has 0 unspecified atom stereocenters. The third kappa shape index (κ3) is 3.72. The Morgan fingerprint density at radius 1 is 1.12 bits per heavy atom. The molecule has 7 heteroatoms. The van der Waals surface area contributed by atoms with Gasteiger partial charge in [0.05, 0.1) is 26.1 Å². The molecule has 1 heterocycles. The first-order valence-corrected chi connectivity index (χ1v) is 7.88. The van der Waals surface area contributed by atoms with E-state index < -0.39 is 6.09 Å². The fourth-order valence-electron chi connectivity index (χ4n) is 2.44. The number of nitrogens with one attached hydrogen (secondary N) is 1. The van der Waals surface area contributed by atoms with Crippen molar-refractivity contribution >= 4 is 12.3 Å². The van der Waals surface area contributed by atoms with Crippen molar-refractivity contribution in [3.05, 3.63) is 66.4 Å². The first kappa shape index (κ1) is 17.2. The maximum absolute atomic E-state index is 11.2. The summed E-state index contributed by atoms with van der Waals surface area (Å²) in [5.74, 6) is 0.696. The lowest BCUT2D eigenvalue weighted by Crippen LogP contribution is -2.16. The molecule has 2 aromatic carbocycles. The maximum atomic E-state index is 11.2. The van der Waals surface area contributed by atoms with E-state index >= 15 is 0 Å². The van der Waals surface area contributed by atoms with Crippen LogP contribution in [0.1, 0.15) is 5.56 Å². The van der Waals surface area contributed by atoms with E-state index in [1.807, 2.05) is 60.8 Å². The van der Waals surface area contributed by atoms with E-state index in [-0.39, 0.29) is 0 Å². The molecule has 1 N–H and O–H groups in total. The molecule has 0 spiro atoms. The van der Waals surface area contributed by atoms with Crippen LogP contribution >= 0.6 is 0 Å². The highest BCUT2D eigenvalue weighted by atomic mass is 16.5. The van der Waals surface area contributed by atoms with Gasteiger partial charge in [-0.15, -0.1) is 0 Å². The van der Waals surface area contributed by atoms with Crippen molar-refractivity contribution in [1.82, 2.24) is 15.2 Å². The van der Waals surface area contributed by atoms with Crippen molar-refractivity contribution in [1.29, 1.82) is 0 Å². The summed E-state index contributed by atoms with van der Waals surface area (Å²) in [6, 6.07) is 17.3. The minimum absolute atomic E-state index is 0.643. The fourth-order valence-corrected chi connectivity index (χ4v) is 2.44. The van der Waals surface area contributed by atoms with E-state index in [1.165, 1.54) is 13.3 Å². The Kier molecular flexibility index (Phi) is 5.28. The molecule has 3 aromatic rings. The van der Waals surface area contributed by atoms with Crippen LogP contribution in [0.4, 0.5) is 4.79 Å². The zero-order valence-corrected chi connectivity index (χ0v) is 14.4. The Morgan fingerprint density at radius 3 is 2.58 bits per heavy atom. The molecule has 0 radical (unpaired) electrons. The van der Waals surface area contributed by atoms with E-state index in [1.54, 1.807) is 11.8 Å². The molecule has 0 saturated carbocycles. The second-order valence-electron chi connectivity index (χ2n) is 5.28. The largest absolute Gasteiger partial charge is 0.496 e. The van der Waals surface area contributed by atoms with Crippen molar-refractivity contribution in [2.75, 3.05) is 14.2 Å². The summed E-state index contributed by atoms with van der Waals surface area (Å²) in [6.45, 7) is 0. The molecule has 132 valence electrons. The molecule has 1 amide bonds. The molecule has 0 fully saturated rings. The van der Waals surface area contributed by atoms with Crippen LogP contribution in [0, 0.1) is 0 Å². The minimum atomic E-state index is -0.643. The Labute approximate surface area is 150 Å². The minimum Gasteiger partial charge on any atom is -0.496 e. The third-order valence-electron chi connectivity index (χ3n) is 3.67. The molecule has 0 saturated heterocycles. The number of methoxy groups -OCH3 is 2. The highest BCUT2D eigenvalue weighted by molar-refractivity contribution is 5.90. The van der Waals surface area contributed by atoms with Gasteiger partial charge in [-0.1, -0.05) is 30.3 Å². The number of carbonyl (C=O) groups is 1. The summed E-state index contributed by atoms with van der Waals surface area (Å²) >= 11 is 0. The van der Waals surface area contributed by atoms with Crippen LogP contribution in [0.3, 0.4) is 0 Å². The molecule has 26 heavy (non-hydrogen) atoms. The second-order valence-corrected chi connectivity index (χ2v) is 5.28. The van der Waals surface area contributed by atoms with Gasteiger partial charge in [0.15, 0.2) is 0 Å². The molecule has 3 rings (SSSR count). The number of para-hydroxylation sites is 2. The van der Waals surface area contributed by atoms with Crippen LogP contribution < -0.4 is 10.2 Å². The van der Waals surface area contributed by atoms with Gasteiger partial charge in [-0.25, -0.2) is 14.9 Å². The molecule has 7 nitrogen and oxygen atoms in total. The van der Waals surface area contributed by atoms with Gasteiger partial charge in [-0.3, -0.25) is 0 Å². The summed E-state index contributed by atoms with van der Waals surface area (Å²) in [5.41, 5.74) is 5.41. The van der Waals surface area contributed by atoms with Crippen LogP contribution in [0.5, 0.6) is 5.75 Å². The molecule has 0 atom stereocenters. The summed E-state index contributed by atoms with van der Waals surface area (Å²) in [5, 5.41) is 8.60. The molecule has 0 bridgehead atoms. The number of amides is 1. The van der Waals surface area contributed by atoms with Crippen LogP contribution in [-0.2, 0) is 4.74 Å². The van der Waals surface area contributed by atoms with Crippen molar-refractivity contribution in [3.8, 4) is 22.7 Å². The Hall–Kier alpha value is -3.61. The van der Waals surface area contributed by atoms with Crippen LogP contribution in [0.25, 0.3) is 16.9 Å². The van der Waals surface area contributed by atoms with Crippen LogP contribution in [-0.4, -0.2) is 36.3 Å². The monoisotopic (exact) mass is 350 g/mol. The van der Waals surface area contributed by atoms with Gasteiger partial charge in [-0.05, 0) is 24.3 Å². The quantitative estimate of drug-likeness (QED) is 0.566. The highest BCUT2D eigenvalue weighted by Gasteiger charge is 2.15. The fraction of sp³-hybridized carbons (Fsp3) is 0.105. The third-order valence-corrected chi connectivity index (χ3v) is 3.67. The van der Waals surface area contributed by atoms with Gasteiger partial charge in [0.1, 0.15) is 11.4 Å². The van der Waals surface area contributed by atoms with E-state index in [2.05, 4.69) is 20.4 Å². The van der Waals surface area contributed by atoms with Gasteiger partial charge < -0.3 is 9.47 Å². The van der Waals surface area contributed by atoms with Crippen LogP contribution in [0.15, 0.2) is 65.9 Å². The van der Waals surface area contributed by atoms with Gasteiger partial charge in [-0.2, -0.15) is 10.2 Å². The van der Waals surface area contributed by atoms with Crippen molar-refractivity contribution < 1.29 is 14.3 Å². The molecular formula is C19H18N4O3. The average Bonchev–Trinajstić information content (AvgIpc) is 3.12. The van der Waals surface area contributed by atoms with Gasteiger partial charge in [0.25, 0.3) is 0 Å². The number of hydrogen-bond donors (Lipinski definition) is 1. The first-order chi connectivity index (χ1) is 12.7. The average molecular weight is 350 g/mol. The second kappa shape index (κ2) is 7.98. The molecule has 1 aromatic heterocycles. The van der Waals surface area contributed by atoms with Crippen LogP contribution in [0.2, 0.25) is 0 Å². The molecule has 0 aliphatic carbocycles. The number of ether oxygens (including phenoxy) is 2. The zero-order valence-electron chi connectivity index (χ0n) is 14.4. The van der Waals surface area contributed by atoms with Gasteiger partial charge >= 0.3 is 6.09 Å². The Balaban J connectivity index is 2.06. The highest BCUT2D eigenvalue weighted by Crippen LogP contribution is 2.31. The molecular weight excluding hydrogens is 332 g/mol. The lowest BCUT2D eigenvalue weighted by atomic mass is 10.1. The number of hydrazone groups is 1. The Bertz CT molecular complexity index is 920. The van der Waals surface area contributed by atoms with E-state index in [0.29, 0.717) is 11.4 Å². The standard InChI is InChI=1S/C19H18N4O3/c1-25-17-11-7-6-10-16(17)18-14(12-20-21-19(24)26-2)13-23(22-18)15-8-4-3-5-9-15/h3-13H,1-2H3,(H,21,24)/b20-12-. The number of hydrogen-bond acceptors (Lipinski definition) is 5. The number of aromatic nitrogens is 2.